The summed E-state index contributed by atoms with van der Waals surface area (Å²) in [5.41, 5.74) is 0. The van der Waals surface area contributed by atoms with Crippen LogP contribution in [0.15, 0.2) is 0 Å². The lowest BCUT2D eigenvalue weighted by atomic mass is 10.2. The molecule has 0 fully saturated rings. The van der Waals surface area contributed by atoms with E-state index in [0.29, 0.717) is 0 Å². The van der Waals surface area contributed by atoms with Crippen LogP contribution in [0.3, 0.4) is 0 Å². The van der Waals surface area contributed by atoms with Crippen LogP contribution >= 0.6 is 0 Å². The number of hydrogen-bond donors (Lipinski definition) is 1. The van der Waals surface area contributed by atoms with Crippen molar-refractivity contribution in [2.24, 2.45) is 0 Å². The number of ether oxygens (including phenoxy) is 1. The smallest absolute Gasteiger partial charge is 0.0594 e. The molecule has 0 heterocycles. The molecule has 62 valence electrons. The summed E-state index contributed by atoms with van der Waals surface area (Å²) in [4.78, 5) is 0. The molecule has 0 aliphatic heterocycles. The lowest BCUT2D eigenvalue weighted by Crippen LogP contribution is -2.13. The Bertz CT molecular complexity index is 64.3. The third kappa shape index (κ3) is 4.77. The summed E-state index contributed by atoms with van der Waals surface area (Å²) >= 11 is 0. The molecule has 0 bridgehead atoms. The van der Waals surface area contributed by atoms with Crippen LogP contribution in [-0.2, 0) is 4.74 Å². The maximum atomic E-state index is 8.59. The lowest BCUT2D eigenvalue weighted by molar-refractivity contribution is 0.0338. The standard InChI is InChI=1S/C8H18O2/c1-3-7-10-8(4-2)5-6-9/h8-9H,3-7H2,1-2H3. The van der Waals surface area contributed by atoms with Crippen molar-refractivity contribution in [3.63, 3.8) is 0 Å². The zero-order valence-electron chi connectivity index (χ0n) is 6.97. The first-order chi connectivity index (χ1) is 4.85. The van der Waals surface area contributed by atoms with Gasteiger partial charge in [-0.15, -0.1) is 0 Å². The summed E-state index contributed by atoms with van der Waals surface area (Å²) in [5.74, 6) is 0. The Morgan fingerprint density at radius 2 is 2.10 bits per heavy atom. The molecule has 1 unspecified atom stereocenters. The van der Waals surface area contributed by atoms with E-state index in [1.54, 1.807) is 0 Å². The molecule has 2 nitrogen and oxygen atoms in total. The predicted octanol–water partition coefficient (Wildman–Crippen LogP) is 1.57. The van der Waals surface area contributed by atoms with Gasteiger partial charge in [-0.1, -0.05) is 13.8 Å². The third-order valence-electron chi connectivity index (χ3n) is 1.46. The van der Waals surface area contributed by atoms with E-state index in [-0.39, 0.29) is 12.7 Å². The van der Waals surface area contributed by atoms with E-state index in [1.807, 2.05) is 0 Å². The monoisotopic (exact) mass is 146 g/mol. The quantitative estimate of drug-likeness (QED) is 0.616. The molecule has 0 aliphatic carbocycles. The summed E-state index contributed by atoms with van der Waals surface area (Å²) in [6, 6.07) is 0. The molecular weight excluding hydrogens is 128 g/mol. The fourth-order valence-corrected chi connectivity index (χ4v) is 0.834. The van der Waals surface area contributed by atoms with E-state index in [0.717, 1.165) is 25.9 Å². The van der Waals surface area contributed by atoms with E-state index < -0.39 is 0 Å². The molecule has 1 N–H and O–H groups in total. The van der Waals surface area contributed by atoms with Gasteiger partial charge in [0.25, 0.3) is 0 Å². The maximum Gasteiger partial charge on any atom is 0.0594 e. The maximum absolute atomic E-state index is 8.59. The first-order valence-electron chi connectivity index (χ1n) is 4.07. The minimum absolute atomic E-state index is 0.238. The van der Waals surface area contributed by atoms with E-state index in [2.05, 4.69) is 13.8 Å². The topological polar surface area (TPSA) is 29.5 Å². The number of rotatable bonds is 6. The van der Waals surface area contributed by atoms with Crippen LogP contribution in [0.5, 0.6) is 0 Å². The van der Waals surface area contributed by atoms with Gasteiger partial charge < -0.3 is 9.84 Å². The predicted molar refractivity (Wildman–Crippen MR) is 42.0 cm³/mol. The van der Waals surface area contributed by atoms with Gasteiger partial charge in [-0.05, 0) is 19.3 Å². The fraction of sp³-hybridized carbons (Fsp3) is 1.00. The van der Waals surface area contributed by atoms with Crippen molar-refractivity contribution >= 4 is 0 Å². The van der Waals surface area contributed by atoms with Gasteiger partial charge in [-0.25, -0.2) is 0 Å². The largest absolute Gasteiger partial charge is 0.396 e. The van der Waals surface area contributed by atoms with E-state index in [4.69, 9.17) is 9.84 Å². The molecule has 0 amide bonds. The Morgan fingerprint density at radius 1 is 1.40 bits per heavy atom. The number of hydrogen-bond acceptors (Lipinski definition) is 2. The van der Waals surface area contributed by atoms with Crippen molar-refractivity contribution in [1.82, 2.24) is 0 Å². The molecule has 0 aromatic heterocycles. The summed E-state index contributed by atoms with van der Waals surface area (Å²) in [6.45, 7) is 5.22. The van der Waals surface area contributed by atoms with Gasteiger partial charge in [-0.2, -0.15) is 0 Å². The minimum atomic E-state index is 0.238. The molecule has 0 aromatic rings. The molecule has 0 aliphatic rings. The lowest BCUT2D eigenvalue weighted by Gasteiger charge is -2.13. The molecule has 0 radical (unpaired) electrons. The van der Waals surface area contributed by atoms with Crippen LogP contribution in [0.1, 0.15) is 33.1 Å². The van der Waals surface area contributed by atoms with Gasteiger partial charge in [0.05, 0.1) is 6.10 Å². The van der Waals surface area contributed by atoms with Crippen molar-refractivity contribution in [2.45, 2.75) is 39.2 Å². The van der Waals surface area contributed by atoms with Crippen molar-refractivity contribution in [3.05, 3.63) is 0 Å². The van der Waals surface area contributed by atoms with Crippen LogP contribution in [0.2, 0.25) is 0 Å². The van der Waals surface area contributed by atoms with Crippen molar-refractivity contribution in [3.8, 4) is 0 Å². The van der Waals surface area contributed by atoms with Gasteiger partial charge in [0.1, 0.15) is 0 Å². The van der Waals surface area contributed by atoms with Crippen LogP contribution in [0.4, 0.5) is 0 Å². The molecule has 0 spiro atoms. The Labute approximate surface area is 63.2 Å². The second kappa shape index (κ2) is 7.03. The Hall–Kier alpha value is -0.0800. The highest BCUT2D eigenvalue weighted by Crippen LogP contribution is 2.02. The minimum Gasteiger partial charge on any atom is -0.396 e. The average molecular weight is 146 g/mol. The Kier molecular flexibility index (Phi) is 6.98. The summed E-state index contributed by atoms with van der Waals surface area (Å²) in [5, 5.41) is 8.59. The number of aliphatic hydroxyl groups excluding tert-OH is 1. The first-order valence-corrected chi connectivity index (χ1v) is 4.07. The molecule has 0 saturated heterocycles. The van der Waals surface area contributed by atoms with Crippen LogP contribution in [0.25, 0.3) is 0 Å². The van der Waals surface area contributed by atoms with Crippen LogP contribution < -0.4 is 0 Å². The SMILES string of the molecule is CCCOC(CC)CCO. The van der Waals surface area contributed by atoms with Crippen LogP contribution in [-0.4, -0.2) is 24.4 Å². The van der Waals surface area contributed by atoms with Gasteiger partial charge >= 0.3 is 0 Å². The highest BCUT2D eigenvalue weighted by molar-refractivity contribution is 4.53. The first kappa shape index (κ1) is 9.92. The van der Waals surface area contributed by atoms with E-state index in [1.165, 1.54) is 0 Å². The normalized spacial score (nSPS) is 13.5. The molecule has 0 saturated carbocycles. The molecule has 0 rings (SSSR count). The second-order valence-corrected chi connectivity index (χ2v) is 2.41. The van der Waals surface area contributed by atoms with Gasteiger partial charge in [0.15, 0.2) is 0 Å². The summed E-state index contributed by atoms with van der Waals surface area (Å²) < 4.78 is 5.42. The third-order valence-corrected chi connectivity index (χ3v) is 1.46. The average Bonchev–Trinajstić information content (AvgIpc) is 1.98. The highest BCUT2D eigenvalue weighted by Gasteiger charge is 2.03. The Balaban J connectivity index is 3.21. The zero-order valence-corrected chi connectivity index (χ0v) is 6.97. The summed E-state index contributed by atoms with van der Waals surface area (Å²) in [6.07, 6.45) is 3.10. The zero-order chi connectivity index (χ0) is 7.82. The Morgan fingerprint density at radius 3 is 2.50 bits per heavy atom. The molecule has 1 atom stereocenters. The fourth-order valence-electron chi connectivity index (χ4n) is 0.834. The van der Waals surface area contributed by atoms with Gasteiger partial charge in [0.2, 0.25) is 0 Å². The second-order valence-electron chi connectivity index (χ2n) is 2.41. The van der Waals surface area contributed by atoms with Crippen LogP contribution in [0, 0.1) is 0 Å². The van der Waals surface area contributed by atoms with Crippen molar-refractivity contribution in [2.75, 3.05) is 13.2 Å². The molecule has 10 heavy (non-hydrogen) atoms. The molecule has 2 heteroatoms. The van der Waals surface area contributed by atoms with E-state index >= 15 is 0 Å². The van der Waals surface area contributed by atoms with Crippen molar-refractivity contribution < 1.29 is 9.84 Å². The summed E-state index contributed by atoms with van der Waals surface area (Å²) in [7, 11) is 0. The van der Waals surface area contributed by atoms with Crippen molar-refractivity contribution in [1.29, 1.82) is 0 Å². The van der Waals surface area contributed by atoms with Gasteiger partial charge in [0, 0.05) is 13.2 Å². The van der Waals surface area contributed by atoms with Gasteiger partial charge in [-0.3, -0.25) is 0 Å². The highest BCUT2D eigenvalue weighted by atomic mass is 16.5. The van der Waals surface area contributed by atoms with E-state index in [9.17, 15) is 0 Å². The molecule has 0 aromatic carbocycles. The number of aliphatic hydroxyl groups is 1. The molecular formula is C8H18O2.